The molecule has 2 aromatic rings. The average molecular weight is 402 g/mol. The number of hydrogen-bond donors (Lipinski definition) is 2. The summed E-state index contributed by atoms with van der Waals surface area (Å²) in [6, 6.07) is 6.77. The van der Waals surface area contributed by atoms with Gasteiger partial charge in [0.25, 0.3) is 0 Å². The Bertz CT molecular complexity index is 803. The lowest BCUT2D eigenvalue weighted by molar-refractivity contribution is -0.137. The van der Waals surface area contributed by atoms with E-state index in [-0.39, 0.29) is 18.9 Å². The van der Waals surface area contributed by atoms with Gasteiger partial charge in [0.2, 0.25) is 0 Å². The molecule has 0 bridgehead atoms. The number of aliphatic carboxylic acids is 1. The van der Waals surface area contributed by atoms with Crippen molar-refractivity contribution >= 4 is 17.8 Å². The molecule has 0 spiro atoms. The zero-order chi connectivity index (χ0) is 21.2. The highest BCUT2D eigenvalue weighted by molar-refractivity contribution is 5.90. The van der Waals surface area contributed by atoms with Crippen molar-refractivity contribution in [3.05, 3.63) is 30.0 Å². The summed E-state index contributed by atoms with van der Waals surface area (Å²) in [6.45, 7) is 5.07. The molecule has 0 radical (unpaired) electrons. The van der Waals surface area contributed by atoms with Gasteiger partial charge in [-0.25, -0.2) is 9.78 Å². The second-order valence-corrected chi connectivity index (χ2v) is 7.49. The largest absolute Gasteiger partial charge is 0.481 e. The first-order chi connectivity index (χ1) is 13.9. The molecule has 2 aromatic heterocycles. The van der Waals surface area contributed by atoms with Gasteiger partial charge in [-0.1, -0.05) is 44.3 Å². The van der Waals surface area contributed by atoms with Crippen LogP contribution in [0.1, 0.15) is 51.7 Å². The molecular formula is C21H30N4O4. The first-order valence-corrected chi connectivity index (χ1v) is 10.0. The van der Waals surface area contributed by atoms with Gasteiger partial charge in [-0.3, -0.25) is 9.69 Å². The Morgan fingerprint density at radius 2 is 2.00 bits per heavy atom. The number of carboxylic acid groups (broad SMARTS) is 1. The quantitative estimate of drug-likeness (QED) is 0.547. The molecule has 2 heterocycles. The van der Waals surface area contributed by atoms with Crippen molar-refractivity contribution in [2.45, 2.75) is 52.4 Å². The number of rotatable bonds is 11. The summed E-state index contributed by atoms with van der Waals surface area (Å²) >= 11 is 0. The number of urea groups is 1. The molecule has 0 aliphatic heterocycles. The van der Waals surface area contributed by atoms with Crippen molar-refractivity contribution < 1.29 is 19.2 Å². The Balaban J connectivity index is 1.89. The van der Waals surface area contributed by atoms with Crippen LogP contribution in [0.25, 0.3) is 11.4 Å². The lowest BCUT2D eigenvalue weighted by Crippen LogP contribution is -2.38. The van der Waals surface area contributed by atoms with Crippen molar-refractivity contribution in [1.29, 1.82) is 0 Å². The summed E-state index contributed by atoms with van der Waals surface area (Å²) in [5, 5.41) is 15.6. The predicted molar refractivity (Wildman–Crippen MR) is 111 cm³/mol. The standard InChI is InChI=1S/C21H30N4O4/c1-15(2)8-5-4-6-13-22-21(28)25(3)19-10-7-9-17(23-19)18-14-16(29-24-18)11-12-20(26)27/h7,9-10,14-15H,4-6,8,11-13H2,1-3H3,(H,22,28)(H,26,27). The maximum Gasteiger partial charge on any atom is 0.322 e. The van der Waals surface area contributed by atoms with E-state index in [9.17, 15) is 9.59 Å². The lowest BCUT2D eigenvalue weighted by atomic mass is 10.1. The van der Waals surface area contributed by atoms with E-state index in [1.165, 1.54) is 17.7 Å². The molecular weight excluding hydrogens is 372 g/mol. The molecule has 0 fully saturated rings. The molecule has 0 unspecified atom stereocenters. The van der Waals surface area contributed by atoms with Crippen molar-refractivity contribution in [3.63, 3.8) is 0 Å². The van der Waals surface area contributed by atoms with E-state index in [1.807, 2.05) is 0 Å². The number of anilines is 1. The molecule has 0 saturated carbocycles. The average Bonchev–Trinajstić information content (AvgIpc) is 3.17. The first kappa shape index (κ1) is 22.4. The molecule has 2 rings (SSSR count). The van der Waals surface area contributed by atoms with Crippen LogP contribution >= 0.6 is 0 Å². The molecule has 0 saturated heterocycles. The number of aromatic nitrogens is 2. The Kier molecular flexibility index (Phi) is 8.64. The van der Waals surface area contributed by atoms with Crippen LogP contribution in [-0.4, -0.2) is 40.8 Å². The van der Waals surface area contributed by atoms with E-state index in [1.54, 1.807) is 31.3 Å². The summed E-state index contributed by atoms with van der Waals surface area (Å²) < 4.78 is 5.17. The van der Waals surface area contributed by atoms with E-state index in [4.69, 9.17) is 9.63 Å². The summed E-state index contributed by atoms with van der Waals surface area (Å²) in [4.78, 5) is 29.0. The van der Waals surface area contributed by atoms with Gasteiger partial charge < -0.3 is 14.9 Å². The minimum Gasteiger partial charge on any atom is -0.481 e. The lowest BCUT2D eigenvalue weighted by Gasteiger charge is -2.17. The predicted octanol–water partition coefficient (Wildman–Crippen LogP) is 4.12. The Hall–Kier alpha value is -2.90. The fourth-order valence-electron chi connectivity index (χ4n) is 2.81. The third-order valence-electron chi connectivity index (χ3n) is 4.52. The fraction of sp³-hybridized carbons (Fsp3) is 0.524. The number of unbranched alkanes of at least 4 members (excludes halogenated alkanes) is 2. The topological polar surface area (TPSA) is 109 Å². The Morgan fingerprint density at radius 1 is 1.21 bits per heavy atom. The Morgan fingerprint density at radius 3 is 2.72 bits per heavy atom. The van der Waals surface area contributed by atoms with Crippen molar-refractivity contribution in [2.24, 2.45) is 5.92 Å². The Labute approximate surface area is 171 Å². The van der Waals surface area contributed by atoms with Gasteiger partial charge in [-0.2, -0.15) is 0 Å². The van der Waals surface area contributed by atoms with Crippen LogP contribution in [0.2, 0.25) is 0 Å². The van der Waals surface area contributed by atoms with Crippen LogP contribution in [0.3, 0.4) is 0 Å². The second kappa shape index (κ2) is 11.2. The summed E-state index contributed by atoms with van der Waals surface area (Å²) in [5.41, 5.74) is 1.06. The zero-order valence-corrected chi connectivity index (χ0v) is 17.4. The molecule has 2 amide bonds. The molecule has 0 atom stereocenters. The molecule has 0 aromatic carbocycles. The molecule has 0 aliphatic rings. The summed E-state index contributed by atoms with van der Waals surface area (Å²) in [7, 11) is 1.67. The van der Waals surface area contributed by atoms with Crippen LogP contribution in [-0.2, 0) is 11.2 Å². The number of nitrogens with zero attached hydrogens (tertiary/aromatic N) is 3. The van der Waals surface area contributed by atoms with Gasteiger partial charge in [0.1, 0.15) is 17.3 Å². The molecule has 0 aliphatic carbocycles. The number of aryl methyl sites for hydroxylation is 1. The first-order valence-electron chi connectivity index (χ1n) is 10.0. The minimum absolute atomic E-state index is 0.0253. The highest BCUT2D eigenvalue weighted by Gasteiger charge is 2.14. The molecule has 8 heteroatoms. The monoisotopic (exact) mass is 402 g/mol. The zero-order valence-electron chi connectivity index (χ0n) is 17.4. The van der Waals surface area contributed by atoms with Gasteiger partial charge >= 0.3 is 12.0 Å². The summed E-state index contributed by atoms with van der Waals surface area (Å²) in [5.74, 6) is 0.802. The number of carbonyl (C=O) groups excluding carboxylic acids is 1. The normalized spacial score (nSPS) is 10.9. The van der Waals surface area contributed by atoms with Gasteiger partial charge in [0.05, 0.1) is 12.1 Å². The van der Waals surface area contributed by atoms with Gasteiger partial charge in [-0.15, -0.1) is 0 Å². The SMILES string of the molecule is CC(C)CCCCCNC(=O)N(C)c1cccc(-c2cc(CCC(=O)O)on2)n1. The number of carbonyl (C=O) groups is 2. The van der Waals surface area contributed by atoms with Gasteiger partial charge in [-0.05, 0) is 24.5 Å². The van der Waals surface area contributed by atoms with Crippen molar-refractivity contribution in [1.82, 2.24) is 15.5 Å². The fourth-order valence-corrected chi connectivity index (χ4v) is 2.81. The number of pyridine rings is 1. The van der Waals surface area contributed by atoms with Crippen LogP contribution in [0.4, 0.5) is 10.6 Å². The van der Waals surface area contributed by atoms with E-state index in [0.717, 1.165) is 12.8 Å². The van der Waals surface area contributed by atoms with E-state index in [2.05, 4.69) is 29.3 Å². The number of carboxylic acids is 1. The molecule has 8 nitrogen and oxygen atoms in total. The van der Waals surface area contributed by atoms with E-state index in [0.29, 0.717) is 35.4 Å². The highest BCUT2D eigenvalue weighted by atomic mass is 16.5. The van der Waals surface area contributed by atoms with Crippen LogP contribution in [0, 0.1) is 5.92 Å². The maximum atomic E-state index is 12.4. The van der Waals surface area contributed by atoms with Crippen LogP contribution in [0.5, 0.6) is 0 Å². The van der Waals surface area contributed by atoms with E-state index < -0.39 is 5.97 Å². The smallest absolute Gasteiger partial charge is 0.322 e. The third kappa shape index (κ3) is 7.56. The maximum absolute atomic E-state index is 12.4. The van der Waals surface area contributed by atoms with Gasteiger partial charge in [0.15, 0.2) is 0 Å². The molecule has 158 valence electrons. The van der Waals surface area contributed by atoms with Crippen molar-refractivity contribution in [3.8, 4) is 11.4 Å². The minimum atomic E-state index is -0.893. The number of hydrogen-bond acceptors (Lipinski definition) is 5. The molecule has 2 N–H and O–H groups in total. The van der Waals surface area contributed by atoms with Crippen LogP contribution in [0.15, 0.2) is 28.8 Å². The number of nitrogens with one attached hydrogen (secondary N) is 1. The van der Waals surface area contributed by atoms with Gasteiger partial charge in [0, 0.05) is 26.1 Å². The van der Waals surface area contributed by atoms with Crippen LogP contribution < -0.4 is 10.2 Å². The summed E-state index contributed by atoms with van der Waals surface area (Å²) in [6.07, 6.45) is 4.69. The highest BCUT2D eigenvalue weighted by Crippen LogP contribution is 2.21. The molecule has 29 heavy (non-hydrogen) atoms. The van der Waals surface area contributed by atoms with E-state index >= 15 is 0 Å². The second-order valence-electron chi connectivity index (χ2n) is 7.49. The van der Waals surface area contributed by atoms with Crippen molar-refractivity contribution in [2.75, 3.05) is 18.5 Å². The number of amides is 2. The third-order valence-corrected chi connectivity index (χ3v) is 4.52.